The Hall–Kier alpha value is -1.95. The van der Waals surface area contributed by atoms with Crippen molar-refractivity contribution in [3.05, 3.63) is 48.2 Å². The smallest absolute Gasteiger partial charge is 0.230 e. The quantitative estimate of drug-likeness (QED) is 0.657. The molecule has 6 heteroatoms. The highest BCUT2D eigenvalue weighted by atomic mass is 32.2. The molecule has 2 aromatic rings. The lowest BCUT2D eigenvalue weighted by atomic mass is 10.2. The molecule has 1 aromatic carbocycles. The molecule has 0 aliphatic rings. The van der Waals surface area contributed by atoms with Crippen molar-refractivity contribution in [2.75, 3.05) is 11.5 Å². The summed E-state index contributed by atoms with van der Waals surface area (Å²) in [5, 5.41) is 2.78. The van der Waals surface area contributed by atoms with Crippen molar-refractivity contribution in [2.45, 2.75) is 17.9 Å². The topological polar surface area (TPSA) is 68.3 Å². The van der Waals surface area contributed by atoms with E-state index in [1.54, 1.807) is 30.5 Å². The molecule has 4 nitrogen and oxygen atoms in total. The summed E-state index contributed by atoms with van der Waals surface area (Å²) in [5.41, 5.74) is 5.83. The number of benzene rings is 1. The highest BCUT2D eigenvalue weighted by Gasteiger charge is 2.13. The molecule has 0 spiro atoms. The summed E-state index contributed by atoms with van der Waals surface area (Å²) in [6, 6.07) is 7.75. The minimum absolute atomic E-state index is 0.131. The molecule has 0 radical (unpaired) electrons. The van der Waals surface area contributed by atoms with E-state index < -0.39 is 5.82 Å². The molecule has 1 aromatic heterocycles. The Morgan fingerprint density at radius 1 is 1.50 bits per heavy atom. The highest BCUT2D eigenvalue weighted by Crippen LogP contribution is 2.23. The lowest BCUT2D eigenvalue weighted by molar-refractivity contribution is -0.119. The number of nitrogens with two attached hydrogens (primary N) is 1. The number of rotatable bonds is 5. The van der Waals surface area contributed by atoms with Gasteiger partial charge in [-0.15, -0.1) is 11.8 Å². The van der Waals surface area contributed by atoms with Crippen LogP contribution in [-0.2, 0) is 4.79 Å². The molecule has 1 unspecified atom stereocenters. The first-order chi connectivity index (χ1) is 9.56. The van der Waals surface area contributed by atoms with Crippen LogP contribution in [0.3, 0.4) is 0 Å². The van der Waals surface area contributed by atoms with Crippen molar-refractivity contribution in [2.24, 2.45) is 0 Å². The SMILES string of the molecule is CC(NC(=O)CSc1ccc(N)cc1F)c1ccco1. The van der Waals surface area contributed by atoms with Gasteiger partial charge in [-0.05, 0) is 37.3 Å². The second-order valence-electron chi connectivity index (χ2n) is 4.28. The summed E-state index contributed by atoms with van der Waals surface area (Å²) in [7, 11) is 0. The van der Waals surface area contributed by atoms with Gasteiger partial charge in [-0.25, -0.2) is 4.39 Å². The van der Waals surface area contributed by atoms with Crippen molar-refractivity contribution >= 4 is 23.4 Å². The number of hydrogen-bond acceptors (Lipinski definition) is 4. The Bertz CT molecular complexity index is 587. The van der Waals surface area contributed by atoms with E-state index in [0.29, 0.717) is 16.3 Å². The molecule has 1 atom stereocenters. The average Bonchev–Trinajstić information content (AvgIpc) is 2.91. The van der Waals surface area contributed by atoms with Crippen molar-refractivity contribution in [1.29, 1.82) is 0 Å². The van der Waals surface area contributed by atoms with E-state index in [0.717, 1.165) is 11.8 Å². The molecule has 2 rings (SSSR count). The van der Waals surface area contributed by atoms with Gasteiger partial charge in [0.05, 0.1) is 18.1 Å². The van der Waals surface area contributed by atoms with E-state index >= 15 is 0 Å². The zero-order valence-electron chi connectivity index (χ0n) is 10.9. The highest BCUT2D eigenvalue weighted by molar-refractivity contribution is 8.00. The van der Waals surface area contributed by atoms with Crippen LogP contribution in [0, 0.1) is 5.82 Å². The van der Waals surface area contributed by atoms with Crippen LogP contribution < -0.4 is 11.1 Å². The molecule has 1 amide bonds. The standard InChI is InChI=1S/C14H15FN2O2S/c1-9(12-3-2-6-19-12)17-14(18)8-20-13-5-4-10(16)7-11(13)15/h2-7,9H,8,16H2,1H3,(H,17,18). The van der Waals surface area contributed by atoms with Crippen molar-refractivity contribution in [3.8, 4) is 0 Å². The number of nitrogens with one attached hydrogen (secondary N) is 1. The van der Waals surface area contributed by atoms with Crippen LogP contribution in [0.4, 0.5) is 10.1 Å². The van der Waals surface area contributed by atoms with Gasteiger partial charge in [0.2, 0.25) is 5.91 Å². The van der Waals surface area contributed by atoms with E-state index in [1.807, 2.05) is 6.92 Å². The molecule has 0 bridgehead atoms. The maximum atomic E-state index is 13.5. The average molecular weight is 294 g/mol. The van der Waals surface area contributed by atoms with Gasteiger partial charge in [-0.2, -0.15) is 0 Å². The van der Waals surface area contributed by atoms with Crippen molar-refractivity contribution in [3.63, 3.8) is 0 Å². The number of furan rings is 1. The van der Waals surface area contributed by atoms with Crippen LogP contribution >= 0.6 is 11.8 Å². The largest absolute Gasteiger partial charge is 0.467 e. The summed E-state index contributed by atoms with van der Waals surface area (Å²) in [4.78, 5) is 12.2. The molecule has 106 valence electrons. The third-order valence-electron chi connectivity index (χ3n) is 2.66. The maximum absolute atomic E-state index is 13.5. The summed E-state index contributed by atoms with van der Waals surface area (Å²) < 4.78 is 18.7. The lowest BCUT2D eigenvalue weighted by Crippen LogP contribution is -2.27. The minimum atomic E-state index is -0.415. The summed E-state index contributed by atoms with van der Waals surface area (Å²) in [6.45, 7) is 1.82. The molecule has 0 aliphatic carbocycles. The number of thioether (sulfide) groups is 1. The summed E-state index contributed by atoms with van der Waals surface area (Å²) >= 11 is 1.13. The normalized spacial score (nSPS) is 12.1. The third kappa shape index (κ3) is 3.77. The molecule has 3 N–H and O–H groups in total. The van der Waals surface area contributed by atoms with Gasteiger partial charge in [0.25, 0.3) is 0 Å². The van der Waals surface area contributed by atoms with Crippen LogP contribution in [0.2, 0.25) is 0 Å². The van der Waals surface area contributed by atoms with Crippen molar-refractivity contribution in [1.82, 2.24) is 5.32 Å². The van der Waals surface area contributed by atoms with Crippen LogP contribution in [-0.4, -0.2) is 11.7 Å². The van der Waals surface area contributed by atoms with Crippen LogP contribution in [0.1, 0.15) is 18.7 Å². The summed E-state index contributed by atoms with van der Waals surface area (Å²) in [5.74, 6) is 0.213. The van der Waals surface area contributed by atoms with Crippen molar-refractivity contribution < 1.29 is 13.6 Å². The van der Waals surface area contributed by atoms with Gasteiger partial charge in [-0.3, -0.25) is 4.79 Å². The fourth-order valence-electron chi connectivity index (χ4n) is 1.67. The van der Waals surface area contributed by atoms with E-state index in [9.17, 15) is 9.18 Å². The number of halogens is 1. The Kier molecular flexibility index (Phi) is 4.68. The fraction of sp³-hybridized carbons (Fsp3) is 0.214. The van der Waals surface area contributed by atoms with E-state index in [2.05, 4.69) is 5.32 Å². The van der Waals surface area contributed by atoms with Gasteiger partial charge >= 0.3 is 0 Å². The number of anilines is 1. The first-order valence-corrected chi connectivity index (χ1v) is 7.05. The first-order valence-electron chi connectivity index (χ1n) is 6.07. The Labute approximate surface area is 120 Å². The Morgan fingerprint density at radius 2 is 2.30 bits per heavy atom. The summed E-state index contributed by atoms with van der Waals surface area (Å²) in [6.07, 6.45) is 1.55. The molecule has 20 heavy (non-hydrogen) atoms. The van der Waals surface area contributed by atoms with Gasteiger partial charge < -0.3 is 15.5 Å². The van der Waals surface area contributed by atoms with Gasteiger partial charge in [0, 0.05) is 10.6 Å². The van der Waals surface area contributed by atoms with Gasteiger partial charge in [0.1, 0.15) is 11.6 Å². The Balaban J connectivity index is 1.86. The first kappa shape index (κ1) is 14.5. The van der Waals surface area contributed by atoms with Gasteiger partial charge in [0.15, 0.2) is 0 Å². The third-order valence-corrected chi connectivity index (χ3v) is 3.71. The van der Waals surface area contributed by atoms with E-state index in [-0.39, 0.29) is 17.7 Å². The minimum Gasteiger partial charge on any atom is -0.467 e. The van der Waals surface area contributed by atoms with E-state index in [4.69, 9.17) is 10.2 Å². The lowest BCUT2D eigenvalue weighted by Gasteiger charge is -2.11. The van der Waals surface area contributed by atoms with Crippen LogP contribution in [0.5, 0.6) is 0 Å². The number of nitrogen functional groups attached to an aromatic ring is 1. The predicted molar refractivity (Wildman–Crippen MR) is 76.8 cm³/mol. The number of carbonyl (C=O) groups is 1. The number of hydrogen-bond donors (Lipinski definition) is 2. The zero-order valence-corrected chi connectivity index (χ0v) is 11.7. The number of carbonyl (C=O) groups excluding carboxylic acids is 1. The second kappa shape index (κ2) is 6.47. The molecule has 0 saturated heterocycles. The van der Waals surface area contributed by atoms with E-state index in [1.165, 1.54) is 6.07 Å². The van der Waals surface area contributed by atoms with Crippen LogP contribution in [0.15, 0.2) is 45.9 Å². The molecule has 0 aliphatic heterocycles. The molecular weight excluding hydrogens is 279 g/mol. The van der Waals surface area contributed by atoms with Crippen LogP contribution in [0.25, 0.3) is 0 Å². The fourth-order valence-corrected chi connectivity index (χ4v) is 2.40. The Morgan fingerprint density at radius 3 is 2.95 bits per heavy atom. The number of amides is 1. The molecule has 0 saturated carbocycles. The van der Waals surface area contributed by atoms with Gasteiger partial charge in [-0.1, -0.05) is 0 Å². The molecule has 1 heterocycles. The predicted octanol–water partition coefficient (Wildman–Crippen LogP) is 2.97. The zero-order chi connectivity index (χ0) is 14.5. The molecular formula is C14H15FN2O2S. The second-order valence-corrected chi connectivity index (χ2v) is 5.30. The monoisotopic (exact) mass is 294 g/mol. The molecule has 0 fully saturated rings. The maximum Gasteiger partial charge on any atom is 0.230 e.